The maximum atomic E-state index is 13.2. The summed E-state index contributed by atoms with van der Waals surface area (Å²) in [6.45, 7) is 8.25. The van der Waals surface area contributed by atoms with Crippen LogP contribution >= 0.6 is 0 Å². The highest BCUT2D eigenvalue weighted by molar-refractivity contribution is 6.00. The standard InChI is InChI=1S/C23H28N8O2/c1-14(2)10-17(28-22(32)18-11-24-30-8-6-15(3)26-20(18)30)13-29(5)23(33)19-12-25-31-9-7-16(4)27-21(19)31/h6-9,11-12,14,17H,10,13H2,1-5H3,(H,28,32)/t17-/m0/s1. The lowest BCUT2D eigenvalue weighted by atomic mass is 10.0. The molecule has 4 heterocycles. The molecule has 0 spiro atoms. The molecule has 1 atom stereocenters. The Morgan fingerprint density at radius 3 is 2.09 bits per heavy atom. The zero-order chi connectivity index (χ0) is 23.7. The van der Waals surface area contributed by atoms with E-state index >= 15 is 0 Å². The summed E-state index contributed by atoms with van der Waals surface area (Å²) in [6.07, 6.45) is 7.32. The molecule has 10 nitrogen and oxygen atoms in total. The first-order chi connectivity index (χ1) is 15.7. The van der Waals surface area contributed by atoms with Crippen LogP contribution in [0.5, 0.6) is 0 Å². The Morgan fingerprint density at radius 1 is 0.970 bits per heavy atom. The van der Waals surface area contributed by atoms with E-state index in [0.29, 0.717) is 41.3 Å². The van der Waals surface area contributed by atoms with Crippen LogP contribution in [0.4, 0.5) is 0 Å². The number of nitrogens with one attached hydrogen (secondary N) is 1. The third kappa shape index (κ3) is 4.69. The summed E-state index contributed by atoms with van der Waals surface area (Å²) in [5.74, 6) is -0.133. The molecule has 0 bridgehead atoms. The molecule has 0 saturated heterocycles. The summed E-state index contributed by atoms with van der Waals surface area (Å²) in [7, 11) is 1.72. The lowest BCUT2D eigenvalue weighted by molar-refractivity contribution is 0.0760. The number of carbonyl (C=O) groups excluding carboxylic acids is 2. The van der Waals surface area contributed by atoms with Crippen LogP contribution in [0.15, 0.2) is 36.9 Å². The molecular formula is C23H28N8O2. The lowest BCUT2D eigenvalue weighted by Crippen LogP contribution is -2.45. The SMILES string of the molecule is Cc1ccn2ncc(C(=O)N[C@@H](CC(C)C)CN(C)C(=O)c3cnn4ccc(C)nc34)c2n1. The van der Waals surface area contributed by atoms with E-state index in [0.717, 1.165) is 11.4 Å². The van der Waals surface area contributed by atoms with Crippen LogP contribution < -0.4 is 5.32 Å². The van der Waals surface area contributed by atoms with E-state index in [1.165, 1.54) is 12.4 Å². The first kappa shape index (κ1) is 22.4. The third-order valence-corrected chi connectivity index (χ3v) is 5.42. The van der Waals surface area contributed by atoms with Crippen LogP contribution in [0.2, 0.25) is 0 Å². The number of amides is 2. The summed E-state index contributed by atoms with van der Waals surface area (Å²) in [5.41, 5.74) is 3.47. The molecule has 0 saturated carbocycles. The third-order valence-electron chi connectivity index (χ3n) is 5.42. The number of aromatic nitrogens is 6. The molecule has 10 heteroatoms. The zero-order valence-electron chi connectivity index (χ0n) is 19.5. The van der Waals surface area contributed by atoms with Crippen molar-refractivity contribution in [3.05, 3.63) is 59.4 Å². The van der Waals surface area contributed by atoms with Gasteiger partial charge in [0.05, 0.1) is 12.4 Å². The molecule has 4 rings (SSSR count). The van der Waals surface area contributed by atoms with Crippen molar-refractivity contribution in [2.24, 2.45) is 5.92 Å². The van der Waals surface area contributed by atoms with Gasteiger partial charge in [0.2, 0.25) is 0 Å². The van der Waals surface area contributed by atoms with Crippen molar-refractivity contribution in [2.45, 2.75) is 40.2 Å². The fourth-order valence-electron chi connectivity index (χ4n) is 3.86. The van der Waals surface area contributed by atoms with Gasteiger partial charge in [-0.1, -0.05) is 13.8 Å². The second-order valence-electron chi connectivity index (χ2n) is 8.78. The monoisotopic (exact) mass is 448 g/mol. The van der Waals surface area contributed by atoms with E-state index in [2.05, 4.69) is 39.3 Å². The van der Waals surface area contributed by atoms with Crippen LogP contribution in [-0.4, -0.2) is 65.5 Å². The Kier molecular flexibility index (Phi) is 6.08. The van der Waals surface area contributed by atoms with Crippen molar-refractivity contribution in [1.29, 1.82) is 0 Å². The molecular weight excluding hydrogens is 420 g/mol. The first-order valence-electron chi connectivity index (χ1n) is 10.9. The molecule has 4 aromatic heterocycles. The largest absolute Gasteiger partial charge is 0.347 e. The number of likely N-dealkylation sites (N-methyl/N-ethyl adjacent to an activating group) is 1. The van der Waals surface area contributed by atoms with Gasteiger partial charge >= 0.3 is 0 Å². The fourth-order valence-corrected chi connectivity index (χ4v) is 3.86. The number of aryl methyl sites for hydroxylation is 2. The van der Waals surface area contributed by atoms with Crippen LogP contribution in [0.1, 0.15) is 52.4 Å². The predicted molar refractivity (Wildman–Crippen MR) is 123 cm³/mol. The van der Waals surface area contributed by atoms with E-state index < -0.39 is 0 Å². The molecule has 0 aliphatic heterocycles. The van der Waals surface area contributed by atoms with Crippen molar-refractivity contribution in [3.63, 3.8) is 0 Å². The van der Waals surface area contributed by atoms with E-state index in [-0.39, 0.29) is 17.9 Å². The summed E-state index contributed by atoms with van der Waals surface area (Å²) in [4.78, 5) is 36.8. The van der Waals surface area contributed by atoms with Gasteiger partial charge in [0, 0.05) is 43.4 Å². The Hall–Kier alpha value is -3.82. The van der Waals surface area contributed by atoms with Gasteiger partial charge in [-0.3, -0.25) is 9.59 Å². The molecule has 0 aliphatic carbocycles. The molecule has 2 amide bonds. The molecule has 0 aliphatic rings. The van der Waals surface area contributed by atoms with Crippen LogP contribution in [0.25, 0.3) is 11.3 Å². The zero-order valence-corrected chi connectivity index (χ0v) is 19.5. The minimum absolute atomic E-state index is 0.195. The second kappa shape index (κ2) is 8.97. The van der Waals surface area contributed by atoms with E-state index in [9.17, 15) is 9.59 Å². The van der Waals surface area contributed by atoms with Gasteiger partial charge in [0.15, 0.2) is 11.3 Å². The van der Waals surface area contributed by atoms with Gasteiger partial charge in [0.25, 0.3) is 11.8 Å². The van der Waals surface area contributed by atoms with Crippen LogP contribution in [0, 0.1) is 19.8 Å². The molecule has 172 valence electrons. The number of nitrogens with zero attached hydrogens (tertiary/aromatic N) is 7. The average Bonchev–Trinajstić information content (AvgIpc) is 3.36. The molecule has 33 heavy (non-hydrogen) atoms. The van der Waals surface area contributed by atoms with Crippen molar-refractivity contribution >= 4 is 23.1 Å². The van der Waals surface area contributed by atoms with E-state index in [1.807, 2.05) is 26.0 Å². The van der Waals surface area contributed by atoms with Crippen molar-refractivity contribution < 1.29 is 9.59 Å². The highest BCUT2D eigenvalue weighted by Gasteiger charge is 2.24. The Balaban J connectivity index is 1.53. The normalized spacial score (nSPS) is 12.4. The van der Waals surface area contributed by atoms with Crippen LogP contribution in [0.3, 0.4) is 0 Å². The predicted octanol–water partition coefficient (Wildman–Crippen LogP) is 2.31. The summed E-state index contributed by atoms with van der Waals surface area (Å²) < 4.78 is 3.16. The topological polar surface area (TPSA) is 110 Å². The average molecular weight is 449 g/mol. The second-order valence-corrected chi connectivity index (χ2v) is 8.78. The van der Waals surface area contributed by atoms with Gasteiger partial charge in [-0.2, -0.15) is 10.2 Å². The molecule has 0 radical (unpaired) electrons. The maximum absolute atomic E-state index is 13.2. The molecule has 4 aromatic rings. The number of hydrogen-bond acceptors (Lipinski definition) is 6. The Labute approximate surface area is 191 Å². The van der Waals surface area contributed by atoms with Gasteiger partial charge in [-0.15, -0.1) is 0 Å². The summed E-state index contributed by atoms with van der Waals surface area (Å²) in [5, 5.41) is 11.5. The smallest absolute Gasteiger partial charge is 0.259 e. The molecule has 1 N–H and O–H groups in total. The number of hydrogen-bond donors (Lipinski definition) is 1. The van der Waals surface area contributed by atoms with Crippen LogP contribution in [-0.2, 0) is 0 Å². The number of rotatable bonds is 7. The molecule has 0 fully saturated rings. The Bertz CT molecular complexity index is 1320. The van der Waals surface area contributed by atoms with Crippen molar-refractivity contribution in [3.8, 4) is 0 Å². The minimum atomic E-state index is -0.261. The van der Waals surface area contributed by atoms with Crippen molar-refractivity contribution in [1.82, 2.24) is 39.4 Å². The van der Waals surface area contributed by atoms with Crippen molar-refractivity contribution in [2.75, 3.05) is 13.6 Å². The van der Waals surface area contributed by atoms with Gasteiger partial charge in [-0.25, -0.2) is 19.0 Å². The molecule has 0 unspecified atom stereocenters. The summed E-state index contributed by atoms with van der Waals surface area (Å²) >= 11 is 0. The molecule has 0 aromatic carbocycles. The van der Waals surface area contributed by atoms with Gasteiger partial charge in [-0.05, 0) is 38.3 Å². The highest BCUT2D eigenvalue weighted by Crippen LogP contribution is 2.15. The lowest BCUT2D eigenvalue weighted by Gasteiger charge is -2.26. The fraction of sp³-hybridized carbons (Fsp3) is 0.391. The van der Waals surface area contributed by atoms with E-state index in [4.69, 9.17) is 0 Å². The number of carbonyl (C=O) groups is 2. The van der Waals surface area contributed by atoms with Gasteiger partial charge in [0.1, 0.15) is 11.1 Å². The highest BCUT2D eigenvalue weighted by atomic mass is 16.2. The van der Waals surface area contributed by atoms with E-state index in [1.54, 1.807) is 33.4 Å². The maximum Gasteiger partial charge on any atom is 0.259 e. The summed E-state index contributed by atoms with van der Waals surface area (Å²) in [6, 6.07) is 3.42. The quantitative estimate of drug-likeness (QED) is 0.465. The first-order valence-corrected chi connectivity index (χ1v) is 10.9. The minimum Gasteiger partial charge on any atom is -0.347 e. The number of fused-ring (bicyclic) bond motifs is 2. The Morgan fingerprint density at radius 2 is 1.52 bits per heavy atom. The van der Waals surface area contributed by atoms with Gasteiger partial charge < -0.3 is 10.2 Å².